The second-order valence-electron chi connectivity index (χ2n) is 7.01. The molecular weight excluding hydrogens is 426 g/mol. The third kappa shape index (κ3) is 6.00. The minimum atomic E-state index is -4.47. The molecule has 1 atom stereocenters. The van der Waals surface area contributed by atoms with Gasteiger partial charge in [-0.3, -0.25) is 4.79 Å². The number of hydrogen-bond donors (Lipinski definition) is 1. The van der Waals surface area contributed by atoms with Crippen molar-refractivity contribution < 1.29 is 27.1 Å². The summed E-state index contributed by atoms with van der Waals surface area (Å²) in [7, 11) is 0. The topological polar surface area (TPSA) is 86.3 Å². The third-order valence-corrected chi connectivity index (χ3v) is 5.64. The average molecular weight is 447 g/mol. The zero-order chi connectivity index (χ0) is 21.9. The number of amides is 1. The first kappa shape index (κ1) is 22.2. The fraction of sp³-hybridized carbons (Fsp3) is 0.500. The Balaban J connectivity index is 1.57. The maximum Gasteiger partial charge on any atom is 0.406 e. The van der Waals surface area contributed by atoms with Gasteiger partial charge in [-0.15, -0.1) is 10.2 Å². The molecule has 0 radical (unpaired) electrons. The molecule has 1 fully saturated rings. The van der Waals surface area contributed by atoms with Crippen LogP contribution < -0.4 is 10.6 Å². The van der Waals surface area contributed by atoms with Gasteiger partial charge in [-0.25, -0.2) is 9.07 Å². The molecule has 0 spiro atoms. The van der Waals surface area contributed by atoms with Gasteiger partial charge in [0.1, 0.15) is 24.7 Å². The molecule has 164 valence electrons. The van der Waals surface area contributed by atoms with Crippen molar-refractivity contribution >= 4 is 17.7 Å². The monoisotopic (exact) mass is 447 g/mol. The maximum atomic E-state index is 12.9. The van der Waals surface area contributed by atoms with Crippen LogP contribution in [0, 0.1) is 11.7 Å². The fourth-order valence-electron chi connectivity index (χ4n) is 2.88. The Morgan fingerprint density at radius 1 is 1.33 bits per heavy atom. The van der Waals surface area contributed by atoms with Crippen molar-refractivity contribution in [1.82, 2.24) is 19.8 Å². The molecule has 1 aromatic heterocycles. The standard InChI is InChI=1S/C18H21F4N5O2S/c1-11(12-2-3-12)26(10-18(20,21)22)16(28)9-30-17-25-24-15(27(17)23)8-29-14-6-4-13(19)5-7-14/h4-7,11-12H,2-3,8-10,23H2,1H3. The van der Waals surface area contributed by atoms with E-state index >= 15 is 0 Å². The predicted molar refractivity (Wildman–Crippen MR) is 102 cm³/mol. The Hall–Kier alpha value is -2.50. The summed E-state index contributed by atoms with van der Waals surface area (Å²) >= 11 is 0.904. The van der Waals surface area contributed by atoms with Gasteiger partial charge >= 0.3 is 6.18 Å². The Morgan fingerprint density at radius 2 is 2.00 bits per heavy atom. The molecular formula is C18H21F4N5O2S. The highest BCUT2D eigenvalue weighted by atomic mass is 32.2. The number of alkyl halides is 3. The van der Waals surface area contributed by atoms with E-state index in [0.29, 0.717) is 5.75 Å². The highest BCUT2D eigenvalue weighted by Crippen LogP contribution is 2.36. The van der Waals surface area contributed by atoms with Crippen LogP contribution in [0.15, 0.2) is 29.4 Å². The van der Waals surface area contributed by atoms with Crippen LogP contribution in [0.2, 0.25) is 0 Å². The van der Waals surface area contributed by atoms with E-state index < -0.39 is 30.5 Å². The summed E-state index contributed by atoms with van der Waals surface area (Å²) in [4.78, 5) is 13.4. The number of nitrogens with zero attached hydrogens (tertiary/aromatic N) is 4. The van der Waals surface area contributed by atoms with Gasteiger partial charge in [0.05, 0.1) is 5.75 Å². The predicted octanol–water partition coefficient (Wildman–Crippen LogP) is 2.99. The second kappa shape index (κ2) is 9.11. The van der Waals surface area contributed by atoms with Crippen LogP contribution in [-0.4, -0.2) is 50.2 Å². The smallest absolute Gasteiger partial charge is 0.406 e. The summed E-state index contributed by atoms with van der Waals surface area (Å²) in [5.41, 5.74) is 0. The number of ether oxygens (including phenoxy) is 1. The number of thioether (sulfide) groups is 1. The molecule has 1 amide bonds. The van der Waals surface area contributed by atoms with Gasteiger partial charge in [-0.2, -0.15) is 13.2 Å². The van der Waals surface area contributed by atoms with E-state index in [1.165, 1.54) is 24.3 Å². The first-order chi connectivity index (χ1) is 14.1. The Labute approximate surface area is 174 Å². The van der Waals surface area contributed by atoms with Gasteiger partial charge in [0, 0.05) is 6.04 Å². The molecule has 30 heavy (non-hydrogen) atoms. The quantitative estimate of drug-likeness (QED) is 0.361. The Morgan fingerprint density at radius 3 is 2.60 bits per heavy atom. The third-order valence-electron chi connectivity index (χ3n) is 4.71. The van der Waals surface area contributed by atoms with E-state index in [1.807, 2.05) is 0 Å². The van der Waals surface area contributed by atoms with Crippen molar-refractivity contribution in [3.63, 3.8) is 0 Å². The van der Waals surface area contributed by atoms with Crippen molar-refractivity contribution in [2.45, 2.75) is 43.7 Å². The number of carbonyl (C=O) groups excluding carboxylic acids is 1. The van der Waals surface area contributed by atoms with Gasteiger partial charge < -0.3 is 15.5 Å². The lowest BCUT2D eigenvalue weighted by Gasteiger charge is -2.30. The number of nitrogen functional groups attached to an aromatic ring is 1. The molecule has 12 heteroatoms. The van der Waals surface area contributed by atoms with E-state index in [0.717, 1.165) is 34.2 Å². The minimum absolute atomic E-state index is 0.0530. The summed E-state index contributed by atoms with van der Waals surface area (Å²) < 4.78 is 58.2. The minimum Gasteiger partial charge on any atom is -0.486 e. The molecule has 1 aromatic carbocycles. The van der Waals surface area contributed by atoms with Crippen LogP contribution in [0.3, 0.4) is 0 Å². The molecule has 1 aliphatic carbocycles. The highest BCUT2D eigenvalue weighted by molar-refractivity contribution is 7.99. The van der Waals surface area contributed by atoms with Crippen LogP contribution in [0.1, 0.15) is 25.6 Å². The van der Waals surface area contributed by atoms with Crippen molar-refractivity contribution in [3.8, 4) is 5.75 Å². The van der Waals surface area contributed by atoms with Crippen LogP contribution in [0.25, 0.3) is 0 Å². The van der Waals surface area contributed by atoms with Crippen LogP contribution in [-0.2, 0) is 11.4 Å². The lowest BCUT2D eigenvalue weighted by atomic mass is 10.2. The normalized spacial score (nSPS) is 15.1. The molecule has 0 bridgehead atoms. The van der Waals surface area contributed by atoms with E-state index in [2.05, 4.69) is 10.2 Å². The van der Waals surface area contributed by atoms with Crippen LogP contribution >= 0.6 is 11.8 Å². The van der Waals surface area contributed by atoms with Gasteiger partial charge in [0.15, 0.2) is 5.82 Å². The van der Waals surface area contributed by atoms with Gasteiger partial charge in [-0.1, -0.05) is 11.8 Å². The zero-order valence-electron chi connectivity index (χ0n) is 16.1. The number of carbonyl (C=O) groups is 1. The zero-order valence-corrected chi connectivity index (χ0v) is 16.9. The number of hydrogen-bond acceptors (Lipinski definition) is 6. The van der Waals surface area contributed by atoms with Crippen molar-refractivity contribution in [2.75, 3.05) is 18.1 Å². The molecule has 1 heterocycles. The Bertz CT molecular complexity index is 870. The number of rotatable bonds is 9. The summed E-state index contributed by atoms with van der Waals surface area (Å²) in [6.07, 6.45) is -2.82. The lowest BCUT2D eigenvalue weighted by Crippen LogP contribution is -2.46. The van der Waals surface area contributed by atoms with Gasteiger partial charge in [0.25, 0.3) is 0 Å². The van der Waals surface area contributed by atoms with E-state index in [4.69, 9.17) is 10.6 Å². The molecule has 0 saturated heterocycles. The van der Waals surface area contributed by atoms with Crippen molar-refractivity contribution in [3.05, 3.63) is 35.9 Å². The van der Waals surface area contributed by atoms with Crippen LogP contribution in [0.5, 0.6) is 5.75 Å². The number of nitrogens with two attached hydrogens (primary N) is 1. The molecule has 7 nitrogen and oxygen atoms in total. The molecule has 1 saturated carbocycles. The largest absolute Gasteiger partial charge is 0.486 e. The number of aromatic nitrogens is 3. The number of benzene rings is 1. The molecule has 1 aliphatic rings. The highest BCUT2D eigenvalue weighted by Gasteiger charge is 2.40. The molecule has 1 unspecified atom stereocenters. The molecule has 2 aromatic rings. The fourth-order valence-corrected chi connectivity index (χ4v) is 3.64. The molecule has 0 aliphatic heterocycles. The van der Waals surface area contributed by atoms with Crippen molar-refractivity contribution in [2.24, 2.45) is 5.92 Å². The molecule has 3 rings (SSSR count). The van der Waals surface area contributed by atoms with Gasteiger partial charge in [-0.05, 0) is 49.9 Å². The summed E-state index contributed by atoms with van der Waals surface area (Å²) in [6.45, 7) is 0.307. The molecule has 2 N–H and O–H groups in total. The first-order valence-electron chi connectivity index (χ1n) is 9.21. The summed E-state index contributed by atoms with van der Waals surface area (Å²) in [5, 5.41) is 7.90. The Kier molecular flexibility index (Phi) is 6.74. The van der Waals surface area contributed by atoms with Gasteiger partial charge in [0.2, 0.25) is 11.1 Å². The maximum absolute atomic E-state index is 12.9. The van der Waals surface area contributed by atoms with E-state index in [-0.39, 0.29) is 29.3 Å². The second-order valence-corrected chi connectivity index (χ2v) is 7.96. The summed E-state index contributed by atoms with van der Waals surface area (Å²) in [6, 6.07) is 4.89. The van der Waals surface area contributed by atoms with Crippen molar-refractivity contribution in [1.29, 1.82) is 0 Å². The van der Waals surface area contributed by atoms with E-state index in [9.17, 15) is 22.4 Å². The average Bonchev–Trinajstić information content (AvgIpc) is 3.47. The lowest BCUT2D eigenvalue weighted by molar-refractivity contribution is -0.164. The van der Waals surface area contributed by atoms with E-state index in [1.54, 1.807) is 6.92 Å². The SMILES string of the molecule is CC(C1CC1)N(CC(F)(F)F)C(=O)CSc1nnc(COc2ccc(F)cc2)n1N. The first-order valence-corrected chi connectivity index (χ1v) is 10.2. The number of halogens is 4. The summed E-state index contributed by atoms with van der Waals surface area (Å²) in [5.74, 6) is 5.37. The van der Waals surface area contributed by atoms with Crippen LogP contribution in [0.4, 0.5) is 17.6 Å².